The third-order valence-corrected chi connectivity index (χ3v) is 3.71. The maximum atomic E-state index is 5.08. The van der Waals surface area contributed by atoms with E-state index in [-0.39, 0.29) is 0 Å². The Hall–Kier alpha value is -1.65. The van der Waals surface area contributed by atoms with E-state index in [1.807, 2.05) is 11.6 Å². The average Bonchev–Trinajstić information content (AvgIpc) is 2.97. The molecule has 2 heterocycles. The molecule has 3 nitrogen and oxygen atoms in total. The van der Waals surface area contributed by atoms with Gasteiger partial charge in [0.25, 0.3) is 0 Å². The Kier molecular flexibility index (Phi) is 3.13. The normalized spacial score (nSPS) is 11.2. The number of fused-ring (bicyclic) bond motifs is 1. The Bertz CT molecular complexity index is 611. The predicted octanol–water partition coefficient (Wildman–Crippen LogP) is 3.25. The number of thiazole rings is 1. The summed E-state index contributed by atoms with van der Waals surface area (Å²) in [5.41, 5.74) is 3.48. The molecule has 3 aromatic rings. The Balaban J connectivity index is 1.85. The van der Waals surface area contributed by atoms with Gasteiger partial charge in [-0.25, -0.2) is 4.98 Å². The van der Waals surface area contributed by atoms with Crippen molar-refractivity contribution in [2.24, 2.45) is 0 Å². The van der Waals surface area contributed by atoms with Crippen LogP contribution in [0.4, 0.5) is 0 Å². The van der Waals surface area contributed by atoms with Crippen molar-refractivity contribution in [3.63, 3.8) is 0 Å². The number of benzene rings is 1. The molecule has 0 aliphatic carbocycles. The molecule has 0 aliphatic heterocycles. The van der Waals surface area contributed by atoms with E-state index in [1.54, 1.807) is 18.4 Å². The predicted molar refractivity (Wildman–Crippen MR) is 74.1 cm³/mol. The van der Waals surface area contributed by atoms with E-state index < -0.39 is 0 Å². The summed E-state index contributed by atoms with van der Waals surface area (Å²) in [7, 11) is 1.73. The topological polar surface area (TPSA) is 26.5 Å². The highest BCUT2D eigenvalue weighted by Gasteiger charge is 2.04. The van der Waals surface area contributed by atoms with Gasteiger partial charge >= 0.3 is 0 Å². The first-order valence-corrected chi connectivity index (χ1v) is 6.75. The molecule has 0 bridgehead atoms. The fourth-order valence-corrected chi connectivity index (χ4v) is 2.63. The summed E-state index contributed by atoms with van der Waals surface area (Å²) in [6.07, 6.45) is 5.05. The molecule has 0 N–H and O–H groups in total. The number of rotatable bonds is 4. The highest BCUT2D eigenvalue weighted by molar-refractivity contribution is 7.15. The molecule has 0 amide bonds. The van der Waals surface area contributed by atoms with Crippen LogP contribution >= 0.6 is 11.3 Å². The van der Waals surface area contributed by atoms with E-state index in [0.29, 0.717) is 0 Å². The molecule has 0 saturated carbocycles. The lowest BCUT2D eigenvalue weighted by atomic mass is 10.1. The molecule has 4 heteroatoms. The van der Waals surface area contributed by atoms with E-state index in [0.717, 1.165) is 29.2 Å². The van der Waals surface area contributed by atoms with Crippen LogP contribution in [-0.2, 0) is 11.2 Å². The molecule has 3 rings (SSSR count). The molecule has 0 spiro atoms. The molecule has 0 saturated heterocycles. The minimum absolute atomic E-state index is 0.763. The monoisotopic (exact) mass is 258 g/mol. The molecule has 0 aliphatic rings. The second-order valence-corrected chi connectivity index (χ2v) is 5.03. The summed E-state index contributed by atoms with van der Waals surface area (Å²) in [5.74, 6) is 0. The number of methoxy groups -OCH3 is 1. The summed E-state index contributed by atoms with van der Waals surface area (Å²) < 4.78 is 7.13. The van der Waals surface area contributed by atoms with Gasteiger partial charge in [-0.3, -0.25) is 4.40 Å². The lowest BCUT2D eigenvalue weighted by molar-refractivity contribution is 0.202. The quantitative estimate of drug-likeness (QED) is 0.718. The van der Waals surface area contributed by atoms with Crippen molar-refractivity contribution in [1.82, 2.24) is 9.38 Å². The first kappa shape index (κ1) is 11.4. The Morgan fingerprint density at radius 2 is 2.11 bits per heavy atom. The summed E-state index contributed by atoms with van der Waals surface area (Å²) >= 11 is 1.65. The van der Waals surface area contributed by atoms with E-state index in [9.17, 15) is 0 Å². The number of aromatic nitrogens is 2. The Morgan fingerprint density at radius 1 is 1.28 bits per heavy atom. The standard InChI is InChI=1S/C14H14N2OS/c1-17-8-6-11-2-4-12(5-3-11)13-10-16-7-9-18-14(16)15-13/h2-5,7,9-10H,6,8H2,1H3. The number of ether oxygens (including phenoxy) is 1. The average molecular weight is 258 g/mol. The highest BCUT2D eigenvalue weighted by Crippen LogP contribution is 2.21. The van der Waals surface area contributed by atoms with Crippen LogP contribution in [0.5, 0.6) is 0 Å². The van der Waals surface area contributed by atoms with E-state index in [4.69, 9.17) is 4.74 Å². The van der Waals surface area contributed by atoms with Gasteiger partial charge in [0, 0.05) is 30.4 Å². The smallest absolute Gasteiger partial charge is 0.194 e. The van der Waals surface area contributed by atoms with Gasteiger partial charge in [-0.1, -0.05) is 24.3 Å². The molecule has 0 unspecified atom stereocenters. The second kappa shape index (κ2) is 4.92. The van der Waals surface area contributed by atoms with Crippen LogP contribution in [0, 0.1) is 0 Å². The third kappa shape index (κ3) is 2.17. The summed E-state index contributed by atoms with van der Waals surface area (Å²) in [6.45, 7) is 0.763. The van der Waals surface area contributed by atoms with Crippen LogP contribution in [-0.4, -0.2) is 23.1 Å². The molecular formula is C14H14N2OS. The molecule has 18 heavy (non-hydrogen) atoms. The van der Waals surface area contributed by atoms with Crippen LogP contribution in [0.3, 0.4) is 0 Å². The van der Waals surface area contributed by atoms with Gasteiger partial charge in [0.1, 0.15) is 0 Å². The van der Waals surface area contributed by atoms with Crippen LogP contribution < -0.4 is 0 Å². The third-order valence-electron chi connectivity index (χ3n) is 2.94. The van der Waals surface area contributed by atoms with Crippen molar-refractivity contribution < 1.29 is 4.74 Å². The van der Waals surface area contributed by atoms with Crippen molar-refractivity contribution in [2.45, 2.75) is 6.42 Å². The number of hydrogen-bond acceptors (Lipinski definition) is 3. The minimum atomic E-state index is 0.763. The summed E-state index contributed by atoms with van der Waals surface area (Å²) in [5, 5.41) is 2.04. The van der Waals surface area contributed by atoms with Gasteiger partial charge in [-0.15, -0.1) is 11.3 Å². The largest absolute Gasteiger partial charge is 0.384 e. The maximum absolute atomic E-state index is 5.08. The van der Waals surface area contributed by atoms with E-state index in [2.05, 4.69) is 39.8 Å². The Morgan fingerprint density at radius 3 is 2.83 bits per heavy atom. The number of imidazole rings is 1. The van der Waals surface area contributed by atoms with Crippen molar-refractivity contribution in [2.75, 3.05) is 13.7 Å². The molecule has 0 atom stereocenters. The zero-order valence-electron chi connectivity index (χ0n) is 10.2. The van der Waals surface area contributed by atoms with Gasteiger partial charge in [0.05, 0.1) is 12.3 Å². The SMILES string of the molecule is COCCc1ccc(-c2cn3ccsc3n2)cc1. The second-order valence-electron chi connectivity index (χ2n) is 4.16. The Labute approximate surface area is 110 Å². The molecule has 0 fully saturated rings. The van der Waals surface area contributed by atoms with Gasteiger partial charge in [0.15, 0.2) is 4.96 Å². The fraction of sp³-hybridized carbons (Fsp3) is 0.214. The molecule has 1 aromatic carbocycles. The zero-order chi connectivity index (χ0) is 12.4. The number of hydrogen-bond donors (Lipinski definition) is 0. The van der Waals surface area contributed by atoms with Gasteiger partial charge in [-0.2, -0.15) is 0 Å². The summed E-state index contributed by atoms with van der Waals surface area (Å²) in [4.78, 5) is 5.63. The minimum Gasteiger partial charge on any atom is -0.384 e. The highest BCUT2D eigenvalue weighted by atomic mass is 32.1. The maximum Gasteiger partial charge on any atom is 0.194 e. The van der Waals surface area contributed by atoms with Gasteiger partial charge in [-0.05, 0) is 12.0 Å². The zero-order valence-corrected chi connectivity index (χ0v) is 11.0. The lowest BCUT2D eigenvalue weighted by Crippen LogP contribution is -1.93. The summed E-state index contributed by atoms with van der Waals surface area (Å²) in [6, 6.07) is 8.53. The van der Waals surface area contributed by atoms with Crippen LogP contribution in [0.1, 0.15) is 5.56 Å². The van der Waals surface area contributed by atoms with Gasteiger partial charge in [0.2, 0.25) is 0 Å². The van der Waals surface area contributed by atoms with Crippen molar-refractivity contribution in [1.29, 1.82) is 0 Å². The first-order valence-electron chi connectivity index (χ1n) is 5.87. The van der Waals surface area contributed by atoms with Crippen LogP contribution in [0.25, 0.3) is 16.2 Å². The molecular weight excluding hydrogens is 244 g/mol. The molecule has 2 aromatic heterocycles. The molecule has 92 valence electrons. The van der Waals surface area contributed by atoms with Crippen molar-refractivity contribution in [3.05, 3.63) is 47.6 Å². The van der Waals surface area contributed by atoms with Crippen LogP contribution in [0.2, 0.25) is 0 Å². The van der Waals surface area contributed by atoms with Crippen molar-refractivity contribution in [3.8, 4) is 11.3 Å². The van der Waals surface area contributed by atoms with E-state index in [1.165, 1.54) is 5.56 Å². The van der Waals surface area contributed by atoms with Crippen LogP contribution in [0.15, 0.2) is 42.0 Å². The lowest BCUT2D eigenvalue weighted by Gasteiger charge is -2.01. The van der Waals surface area contributed by atoms with Crippen molar-refractivity contribution >= 4 is 16.3 Å². The van der Waals surface area contributed by atoms with Gasteiger partial charge < -0.3 is 4.74 Å². The fourth-order valence-electron chi connectivity index (χ4n) is 1.93. The first-order chi connectivity index (χ1) is 8.86. The number of nitrogens with zero attached hydrogens (tertiary/aromatic N) is 2. The molecule has 0 radical (unpaired) electrons. The van der Waals surface area contributed by atoms with E-state index >= 15 is 0 Å².